The fraction of sp³-hybridized carbons (Fsp3) is 0.400. The summed E-state index contributed by atoms with van der Waals surface area (Å²) in [5, 5.41) is 13.8. The summed E-state index contributed by atoms with van der Waals surface area (Å²) < 4.78 is 6.83. The highest BCUT2D eigenvalue weighted by Crippen LogP contribution is 2.28. The number of aromatic nitrogens is 4. The molecule has 2 heterocycles. The summed E-state index contributed by atoms with van der Waals surface area (Å²) in [6.07, 6.45) is 2.96. The van der Waals surface area contributed by atoms with E-state index in [-0.39, 0.29) is 11.8 Å². The van der Waals surface area contributed by atoms with Crippen molar-refractivity contribution in [1.29, 1.82) is 0 Å². The van der Waals surface area contributed by atoms with Crippen LogP contribution in [-0.2, 0) is 9.59 Å². The van der Waals surface area contributed by atoms with Crippen LogP contribution in [0.1, 0.15) is 19.8 Å². The summed E-state index contributed by atoms with van der Waals surface area (Å²) in [6, 6.07) is 4.78. The minimum Gasteiger partial charge on any atom is -0.494 e. The summed E-state index contributed by atoms with van der Waals surface area (Å²) in [7, 11) is 1.52. The van der Waals surface area contributed by atoms with Crippen molar-refractivity contribution in [1.82, 2.24) is 25.1 Å². The van der Waals surface area contributed by atoms with Crippen LogP contribution in [0, 0.1) is 0 Å². The van der Waals surface area contributed by atoms with Crippen LogP contribution in [-0.4, -0.2) is 56.6 Å². The summed E-state index contributed by atoms with van der Waals surface area (Å²) >= 11 is 0. The summed E-state index contributed by atoms with van der Waals surface area (Å²) in [6.45, 7) is 2.09. The second kappa shape index (κ2) is 6.65. The van der Waals surface area contributed by atoms with Crippen LogP contribution in [0.2, 0.25) is 0 Å². The van der Waals surface area contributed by atoms with Gasteiger partial charge in [-0.05, 0) is 35.4 Å². The molecule has 1 unspecified atom stereocenters. The van der Waals surface area contributed by atoms with Crippen molar-refractivity contribution in [3.63, 3.8) is 0 Å². The molecular weight excluding hydrogens is 312 g/mol. The van der Waals surface area contributed by atoms with Gasteiger partial charge in [0.15, 0.2) is 0 Å². The number of nitrogens with zero attached hydrogens (tertiary/aromatic N) is 5. The zero-order chi connectivity index (χ0) is 17.1. The van der Waals surface area contributed by atoms with Gasteiger partial charge in [0.05, 0.1) is 18.5 Å². The maximum absolute atomic E-state index is 12.5. The molecule has 9 nitrogen and oxygen atoms in total. The molecule has 1 fully saturated rings. The number of tetrazole rings is 1. The third-order valence-corrected chi connectivity index (χ3v) is 4.02. The fourth-order valence-corrected chi connectivity index (χ4v) is 2.84. The van der Waals surface area contributed by atoms with Crippen LogP contribution >= 0.6 is 0 Å². The van der Waals surface area contributed by atoms with Gasteiger partial charge in [0, 0.05) is 19.5 Å². The molecule has 24 heavy (non-hydrogen) atoms. The Bertz CT molecular complexity index is 746. The lowest BCUT2D eigenvalue weighted by molar-refractivity contribution is -0.134. The molecule has 0 spiro atoms. The molecule has 0 bridgehead atoms. The molecular formula is C15H18N6O3. The Morgan fingerprint density at radius 3 is 2.88 bits per heavy atom. The smallest absolute Gasteiger partial charge is 0.247 e. The number of likely N-dealkylation sites (tertiary alicyclic amines) is 1. The van der Waals surface area contributed by atoms with Crippen LogP contribution < -0.4 is 10.1 Å². The van der Waals surface area contributed by atoms with Crippen LogP contribution in [0.15, 0.2) is 24.5 Å². The number of anilines is 1. The van der Waals surface area contributed by atoms with E-state index in [4.69, 9.17) is 4.74 Å². The van der Waals surface area contributed by atoms with E-state index in [9.17, 15) is 9.59 Å². The van der Waals surface area contributed by atoms with Crippen LogP contribution in [0.25, 0.3) is 5.69 Å². The summed E-state index contributed by atoms with van der Waals surface area (Å²) in [4.78, 5) is 25.7. The molecule has 1 atom stereocenters. The number of benzene rings is 1. The Hall–Kier alpha value is -2.97. The second-order valence-electron chi connectivity index (χ2n) is 5.50. The predicted molar refractivity (Wildman–Crippen MR) is 84.7 cm³/mol. The molecule has 0 aliphatic carbocycles. The van der Waals surface area contributed by atoms with Crippen molar-refractivity contribution in [2.75, 3.05) is 19.0 Å². The van der Waals surface area contributed by atoms with E-state index in [0.29, 0.717) is 30.1 Å². The first-order valence-electron chi connectivity index (χ1n) is 7.59. The van der Waals surface area contributed by atoms with Gasteiger partial charge in [-0.15, -0.1) is 5.10 Å². The quantitative estimate of drug-likeness (QED) is 0.882. The largest absolute Gasteiger partial charge is 0.494 e. The van der Waals surface area contributed by atoms with E-state index in [1.807, 2.05) is 0 Å². The molecule has 0 radical (unpaired) electrons. The summed E-state index contributed by atoms with van der Waals surface area (Å²) in [5.74, 6) is 0.188. The number of amides is 2. The van der Waals surface area contributed by atoms with E-state index in [1.165, 1.54) is 25.0 Å². The Morgan fingerprint density at radius 1 is 1.38 bits per heavy atom. The van der Waals surface area contributed by atoms with Gasteiger partial charge in [-0.1, -0.05) is 0 Å². The monoisotopic (exact) mass is 330 g/mol. The predicted octanol–water partition coefficient (Wildman–Crippen LogP) is 0.620. The number of carbonyl (C=O) groups excluding carboxylic acids is 2. The Kier molecular flexibility index (Phi) is 4.41. The molecule has 3 rings (SSSR count). The van der Waals surface area contributed by atoms with Crippen molar-refractivity contribution in [2.24, 2.45) is 0 Å². The van der Waals surface area contributed by atoms with Gasteiger partial charge in [-0.3, -0.25) is 9.59 Å². The standard InChI is InChI=1S/C15H18N6O3/c1-10(22)20-7-3-4-13(20)15(23)17-12-6-5-11(8-14(12)24-2)21-9-16-18-19-21/h5-6,8-9,13H,3-4,7H2,1-2H3,(H,17,23). The van der Waals surface area contributed by atoms with Gasteiger partial charge < -0.3 is 15.0 Å². The van der Waals surface area contributed by atoms with Crippen LogP contribution in [0.3, 0.4) is 0 Å². The van der Waals surface area contributed by atoms with Crippen molar-refractivity contribution in [3.8, 4) is 11.4 Å². The first kappa shape index (κ1) is 15.9. The summed E-state index contributed by atoms with van der Waals surface area (Å²) in [5.41, 5.74) is 1.25. The zero-order valence-electron chi connectivity index (χ0n) is 13.5. The van der Waals surface area contributed by atoms with Gasteiger partial charge in [-0.2, -0.15) is 0 Å². The number of nitrogens with one attached hydrogen (secondary N) is 1. The number of methoxy groups -OCH3 is 1. The van der Waals surface area contributed by atoms with Crippen molar-refractivity contribution < 1.29 is 14.3 Å². The van der Waals surface area contributed by atoms with Crippen molar-refractivity contribution >= 4 is 17.5 Å². The molecule has 1 saturated heterocycles. The van der Waals surface area contributed by atoms with Gasteiger partial charge in [0.25, 0.3) is 0 Å². The van der Waals surface area contributed by atoms with E-state index in [2.05, 4.69) is 20.8 Å². The number of rotatable bonds is 4. The Morgan fingerprint density at radius 2 is 2.21 bits per heavy atom. The highest BCUT2D eigenvalue weighted by Gasteiger charge is 2.32. The molecule has 1 aliphatic rings. The zero-order valence-corrected chi connectivity index (χ0v) is 13.5. The molecule has 1 aromatic carbocycles. The van der Waals surface area contributed by atoms with E-state index in [1.54, 1.807) is 23.1 Å². The average Bonchev–Trinajstić information content (AvgIpc) is 3.26. The highest BCUT2D eigenvalue weighted by atomic mass is 16.5. The third kappa shape index (κ3) is 3.05. The Labute approximate surface area is 138 Å². The maximum atomic E-state index is 12.5. The maximum Gasteiger partial charge on any atom is 0.247 e. The molecule has 9 heteroatoms. The molecule has 1 aliphatic heterocycles. The van der Waals surface area contributed by atoms with Gasteiger partial charge in [-0.25, -0.2) is 4.68 Å². The lowest BCUT2D eigenvalue weighted by Gasteiger charge is -2.23. The SMILES string of the molecule is COc1cc(-n2cnnn2)ccc1NC(=O)C1CCCN1C(C)=O. The number of ether oxygens (including phenoxy) is 1. The number of hydrogen-bond acceptors (Lipinski definition) is 6. The molecule has 2 amide bonds. The van der Waals surface area contributed by atoms with Gasteiger partial charge >= 0.3 is 0 Å². The number of carbonyl (C=O) groups is 2. The minimum atomic E-state index is -0.439. The fourth-order valence-electron chi connectivity index (χ4n) is 2.84. The van der Waals surface area contributed by atoms with E-state index < -0.39 is 6.04 Å². The molecule has 2 aromatic rings. The number of hydrogen-bond donors (Lipinski definition) is 1. The normalized spacial score (nSPS) is 16.9. The molecule has 126 valence electrons. The van der Waals surface area contributed by atoms with Gasteiger partial charge in [0.1, 0.15) is 18.1 Å². The lowest BCUT2D eigenvalue weighted by atomic mass is 10.2. The molecule has 1 N–H and O–H groups in total. The van der Waals surface area contributed by atoms with Gasteiger partial charge in [0.2, 0.25) is 11.8 Å². The first-order valence-corrected chi connectivity index (χ1v) is 7.59. The first-order chi connectivity index (χ1) is 11.6. The molecule has 1 aromatic heterocycles. The van der Waals surface area contributed by atoms with Crippen LogP contribution in [0.4, 0.5) is 5.69 Å². The van der Waals surface area contributed by atoms with Crippen molar-refractivity contribution in [3.05, 3.63) is 24.5 Å². The Balaban J connectivity index is 1.79. The third-order valence-electron chi connectivity index (χ3n) is 4.02. The van der Waals surface area contributed by atoms with Crippen molar-refractivity contribution in [2.45, 2.75) is 25.8 Å². The second-order valence-corrected chi connectivity index (χ2v) is 5.50. The van der Waals surface area contributed by atoms with E-state index >= 15 is 0 Å². The highest BCUT2D eigenvalue weighted by molar-refractivity contribution is 5.98. The lowest BCUT2D eigenvalue weighted by Crippen LogP contribution is -2.42. The minimum absolute atomic E-state index is 0.0892. The van der Waals surface area contributed by atoms with E-state index in [0.717, 1.165) is 6.42 Å². The topological polar surface area (TPSA) is 102 Å². The average molecular weight is 330 g/mol. The molecule has 0 saturated carbocycles. The van der Waals surface area contributed by atoms with Crippen LogP contribution in [0.5, 0.6) is 5.75 Å².